The summed E-state index contributed by atoms with van der Waals surface area (Å²) < 4.78 is 1.72. The Morgan fingerprint density at radius 1 is 0.950 bits per heavy atom. The molecule has 0 saturated carbocycles. The third-order valence-electron chi connectivity index (χ3n) is 3.13. The Kier molecular flexibility index (Phi) is 3.31. The molecule has 0 spiro atoms. The quantitative estimate of drug-likeness (QED) is 0.747. The maximum Gasteiger partial charge on any atom is 0.136 e. The van der Waals surface area contributed by atoms with Crippen LogP contribution in [0, 0.1) is 0 Å². The summed E-state index contributed by atoms with van der Waals surface area (Å²) in [5.41, 5.74) is 9.71. The fourth-order valence-corrected chi connectivity index (χ4v) is 2.37. The third kappa shape index (κ3) is 2.10. The molecule has 0 unspecified atom stereocenters. The van der Waals surface area contributed by atoms with Crippen molar-refractivity contribution in [2.45, 2.75) is 0 Å². The fraction of sp³-hybridized carbons (Fsp3) is 0. The maximum absolute atomic E-state index is 6.19. The second-order valence-corrected chi connectivity index (χ2v) is 4.61. The highest BCUT2D eigenvalue weighted by Crippen LogP contribution is 2.27. The number of nitrogens with two attached hydrogens (primary N) is 1. The molecule has 4 heteroatoms. The van der Waals surface area contributed by atoms with Crippen LogP contribution in [0.1, 0.15) is 5.56 Å². The van der Waals surface area contributed by atoms with Gasteiger partial charge in [-0.1, -0.05) is 60.7 Å². The molecule has 0 aliphatic carbocycles. The number of aromatic nitrogens is 2. The van der Waals surface area contributed by atoms with Crippen molar-refractivity contribution in [1.29, 1.82) is 0 Å². The Bertz CT molecular complexity index is 733. The number of hydrogen-bond acceptors (Lipinski definition) is 3. The summed E-state index contributed by atoms with van der Waals surface area (Å²) in [4.78, 5) is 0. The molecule has 3 nitrogen and oxygen atoms in total. The molecular formula is C16H13N3S. The first kappa shape index (κ1) is 12.6. The van der Waals surface area contributed by atoms with Crippen LogP contribution in [0.3, 0.4) is 0 Å². The van der Waals surface area contributed by atoms with Crippen LogP contribution >= 0.6 is 12.2 Å². The maximum atomic E-state index is 6.19. The summed E-state index contributed by atoms with van der Waals surface area (Å²) in [7, 11) is 0. The molecular weight excluding hydrogens is 266 g/mol. The van der Waals surface area contributed by atoms with Crippen molar-refractivity contribution in [3.05, 3.63) is 66.2 Å². The van der Waals surface area contributed by atoms with Crippen molar-refractivity contribution >= 4 is 23.4 Å². The zero-order valence-electron chi connectivity index (χ0n) is 10.7. The van der Waals surface area contributed by atoms with Crippen molar-refractivity contribution in [2.75, 3.05) is 5.73 Å². The Morgan fingerprint density at radius 2 is 1.55 bits per heavy atom. The average Bonchev–Trinajstić information content (AvgIpc) is 2.86. The van der Waals surface area contributed by atoms with Gasteiger partial charge < -0.3 is 5.73 Å². The molecule has 98 valence electrons. The van der Waals surface area contributed by atoms with Gasteiger partial charge in [0.1, 0.15) is 11.5 Å². The van der Waals surface area contributed by atoms with E-state index >= 15 is 0 Å². The minimum Gasteiger partial charge on any atom is -0.383 e. The van der Waals surface area contributed by atoms with Crippen molar-refractivity contribution in [2.24, 2.45) is 0 Å². The lowest BCUT2D eigenvalue weighted by atomic mass is 10.1. The normalized spacial score (nSPS) is 10.4. The number of hydrogen-bond donors (Lipinski definition) is 1. The Balaban J connectivity index is 2.21. The van der Waals surface area contributed by atoms with Gasteiger partial charge in [-0.15, -0.1) is 0 Å². The summed E-state index contributed by atoms with van der Waals surface area (Å²) in [6, 6.07) is 19.7. The van der Waals surface area contributed by atoms with Gasteiger partial charge in [-0.25, -0.2) is 4.68 Å². The highest BCUT2D eigenvalue weighted by Gasteiger charge is 2.15. The van der Waals surface area contributed by atoms with E-state index in [2.05, 4.69) is 5.10 Å². The molecule has 0 fully saturated rings. The van der Waals surface area contributed by atoms with Gasteiger partial charge in [-0.2, -0.15) is 5.10 Å². The lowest BCUT2D eigenvalue weighted by Gasteiger charge is -2.02. The van der Waals surface area contributed by atoms with Crippen LogP contribution in [0.4, 0.5) is 5.82 Å². The van der Waals surface area contributed by atoms with Crippen LogP contribution in [0.5, 0.6) is 0 Å². The molecule has 2 aromatic carbocycles. The van der Waals surface area contributed by atoms with E-state index < -0.39 is 0 Å². The minimum absolute atomic E-state index is 0.560. The summed E-state index contributed by atoms with van der Waals surface area (Å²) in [5.74, 6) is 0.560. The van der Waals surface area contributed by atoms with Crippen molar-refractivity contribution in [3.63, 3.8) is 0 Å². The van der Waals surface area contributed by atoms with Crippen LogP contribution in [0.25, 0.3) is 16.9 Å². The molecule has 2 N–H and O–H groups in total. The summed E-state index contributed by atoms with van der Waals surface area (Å²) >= 11 is 5.10. The van der Waals surface area contributed by atoms with Crippen LogP contribution in [0.2, 0.25) is 0 Å². The molecule has 0 amide bonds. The molecule has 3 rings (SSSR count). The summed E-state index contributed by atoms with van der Waals surface area (Å²) in [5, 5.41) is 6.20. The van der Waals surface area contributed by atoms with Gasteiger partial charge in [0.2, 0.25) is 0 Å². The smallest absolute Gasteiger partial charge is 0.136 e. The largest absolute Gasteiger partial charge is 0.383 e. The standard InChI is InChI=1S/C16H13N3S/c17-16-14(11-20)15(12-7-3-1-4-8-12)18-19(16)13-9-5-2-6-10-13/h1-11H,17H2. The number of nitrogen functional groups attached to an aromatic ring is 1. The van der Waals surface area contributed by atoms with Crippen molar-refractivity contribution in [1.82, 2.24) is 9.78 Å². The molecule has 3 aromatic rings. The zero-order valence-corrected chi connectivity index (χ0v) is 11.5. The Labute approximate surface area is 122 Å². The van der Waals surface area contributed by atoms with Crippen LogP contribution < -0.4 is 5.73 Å². The van der Waals surface area contributed by atoms with Gasteiger partial charge in [-0.05, 0) is 12.1 Å². The number of rotatable bonds is 3. The van der Waals surface area contributed by atoms with Gasteiger partial charge >= 0.3 is 0 Å². The lowest BCUT2D eigenvalue weighted by molar-refractivity contribution is 0.895. The lowest BCUT2D eigenvalue weighted by Crippen LogP contribution is -2.02. The minimum atomic E-state index is 0.560. The van der Waals surface area contributed by atoms with Crippen LogP contribution in [0.15, 0.2) is 60.7 Å². The first-order chi connectivity index (χ1) is 9.81. The van der Waals surface area contributed by atoms with Gasteiger partial charge in [-0.3, -0.25) is 0 Å². The monoisotopic (exact) mass is 279 g/mol. The Morgan fingerprint density at radius 3 is 2.15 bits per heavy atom. The average molecular weight is 279 g/mol. The topological polar surface area (TPSA) is 43.8 Å². The fourth-order valence-electron chi connectivity index (χ4n) is 2.13. The van der Waals surface area contributed by atoms with E-state index in [1.165, 1.54) is 0 Å². The number of para-hydroxylation sites is 1. The first-order valence-corrected chi connectivity index (χ1v) is 6.73. The van der Waals surface area contributed by atoms with Gasteiger partial charge in [0.15, 0.2) is 0 Å². The van der Waals surface area contributed by atoms with Crippen molar-refractivity contribution in [3.8, 4) is 16.9 Å². The van der Waals surface area contributed by atoms with Gasteiger partial charge in [0.25, 0.3) is 0 Å². The highest BCUT2D eigenvalue weighted by molar-refractivity contribution is 7.79. The molecule has 0 bridgehead atoms. The van der Waals surface area contributed by atoms with Crippen LogP contribution in [-0.4, -0.2) is 15.1 Å². The van der Waals surface area contributed by atoms with E-state index in [0.717, 1.165) is 22.5 Å². The second-order valence-electron chi connectivity index (χ2n) is 4.38. The molecule has 0 atom stereocenters. The molecule has 1 aromatic heterocycles. The highest BCUT2D eigenvalue weighted by atomic mass is 32.1. The van der Waals surface area contributed by atoms with Crippen LogP contribution in [-0.2, 0) is 0 Å². The van der Waals surface area contributed by atoms with E-state index in [-0.39, 0.29) is 0 Å². The third-order valence-corrected chi connectivity index (χ3v) is 3.36. The van der Waals surface area contributed by atoms with E-state index in [9.17, 15) is 0 Å². The van der Waals surface area contributed by atoms with Gasteiger partial charge in [0.05, 0.1) is 11.3 Å². The SMILES string of the molecule is Nc1c(C=S)c(-c2ccccc2)nn1-c1ccccc1. The molecule has 1 heterocycles. The first-order valence-electron chi connectivity index (χ1n) is 6.26. The van der Waals surface area contributed by atoms with E-state index in [0.29, 0.717) is 5.82 Å². The molecule has 0 aliphatic rings. The molecule has 0 radical (unpaired) electrons. The predicted molar refractivity (Wildman–Crippen MR) is 86.2 cm³/mol. The predicted octanol–water partition coefficient (Wildman–Crippen LogP) is 3.47. The molecule has 0 aliphatic heterocycles. The van der Waals surface area contributed by atoms with Gasteiger partial charge in [0, 0.05) is 10.9 Å². The number of thiocarbonyl (C=S) groups is 1. The van der Waals surface area contributed by atoms with E-state index in [4.69, 9.17) is 18.0 Å². The summed E-state index contributed by atoms with van der Waals surface area (Å²) in [6.45, 7) is 0. The van der Waals surface area contributed by atoms with Crippen molar-refractivity contribution < 1.29 is 0 Å². The second kappa shape index (κ2) is 5.27. The number of nitrogens with zero attached hydrogens (tertiary/aromatic N) is 2. The Hall–Kier alpha value is -2.46. The molecule has 0 saturated heterocycles. The number of anilines is 1. The van der Waals surface area contributed by atoms with E-state index in [1.54, 1.807) is 10.0 Å². The molecule has 20 heavy (non-hydrogen) atoms. The summed E-state index contributed by atoms with van der Waals surface area (Å²) in [6.07, 6.45) is 0. The number of benzene rings is 2. The van der Waals surface area contributed by atoms with E-state index in [1.807, 2.05) is 60.7 Å². The zero-order chi connectivity index (χ0) is 13.9.